The van der Waals surface area contributed by atoms with Crippen molar-refractivity contribution in [2.45, 2.75) is 13.0 Å². The maximum Gasteiger partial charge on any atom is 0.231 e. The molecule has 0 saturated heterocycles. The van der Waals surface area contributed by atoms with Crippen LogP contribution in [-0.4, -0.2) is 38.2 Å². The summed E-state index contributed by atoms with van der Waals surface area (Å²) in [6.07, 6.45) is 2.49. The van der Waals surface area contributed by atoms with Crippen molar-refractivity contribution in [3.8, 4) is 23.0 Å². The summed E-state index contributed by atoms with van der Waals surface area (Å²) in [7, 11) is 3.14. The van der Waals surface area contributed by atoms with Crippen molar-refractivity contribution in [2.75, 3.05) is 27.5 Å². The third-order valence-electron chi connectivity index (χ3n) is 6.06. The van der Waals surface area contributed by atoms with Crippen LogP contribution in [0.3, 0.4) is 0 Å². The average molecular weight is 478 g/mol. The molecule has 3 aromatic carbocycles. The number of nitrogens with zero attached hydrogens (tertiary/aromatic N) is 1. The lowest BCUT2D eigenvalue weighted by atomic mass is 10.0. The third-order valence-corrected chi connectivity index (χ3v) is 6.43. The molecular weight excluding hydrogens is 454 g/mol. The molecule has 2 heterocycles. The van der Waals surface area contributed by atoms with Crippen LogP contribution in [0.5, 0.6) is 23.0 Å². The maximum atomic E-state index is 13.1. The van der Waals surface area contributed by atoms with E-state index in [1.165, 1.54) is 0 Å². The zero-order valence-corrected chi connectivity index (χ0v) is 19.7. The van der Waals surface area contributed by atoms with E-state index < -0.39 is 0 Å². The molecule has 0 saturated carbocycles. The van der Waals surface area contributed by atoms with Gasteiger partial charge in [-0.25, -0.2) is 0 Å². The smallest absolute Gasteiger partial charge is 0.231 e. The molecule has 0 radical (unpaired) electrons. The number of rotatable bonds is 6. The summed E-state index contributed by atoms with van der Waals surface area (Å²) in [5.74, 6) is 2.48. The Hall–Kier alpha value is -3.48. The van der Waals surface area contributed by atoms with Gasteiger partial charge in [0, 0.05) is 23.7 Å². The Morgan fingerprint density at radius 2 is 1.91 bits per heavy atom. The lowest BCUT2D eigenvalue weighted by Crippen LogP contribution is -2.33. The first-order chi connectivity index (χ1) is 16.6. The molecule has 34 heavy (non-hydrogen) atoms. The number of hydrogen-bond acceptors (Lipinski definition) is 6. The van der Waals surface area contributed by atoms with E-state index in [9.17, 15) is 4.79 Å². The number of ketones is 1. The maximum absolute atomic E-state index is 13.1. The van der Waals surface area contributed by atoms with E-state index in [0.717, 1.165) is 34.9 Å². The quantitative estimate of drug-likeness (QED) is 0.445. The summed E-state index contributed by atoms with van der Waals surface area (Å²) < 4.78 is 23.0. The van der Waals surface area contributed by atoms with Gasteiger partial charge in [0.2, 0.25) is 5.78 Å². The summed E-state index contributed by atoms with van der Waals surface area (Å²) >= 11 is 6.31. The number of benzene rings is 3. The molecule has 0 aliphatic carbocycles. The Kier molecular flexibility index (Phi) is 6.18. The Morgan fingerprint density at radius 1 is 1.06 bits per heavy atom. The van der Waals surface area contributed by atoms with E-state index in [1.807, 2.05) is 42.5 Å². The molecule has 5 rings (SSSR count). The minimum absolute atomic E-state index is 0.170. The van der Waals surface area contributed by atoms with Crippen LogP contribution in [-0.2, 0) is 13.0 Å². The molecule has 2 aliphatic rings. The van der Waals surface area contributed by atoms with Crippen molar-refractivity contribution in [1.82, 2.24) is 4.90 Å². The number of halogens is 1. The normalized spacial score (nSPS) is 16.0. The van der Waals surface area contributed by atoms with Crippen LogP contribution in [0.15, 0.2) is 60.4 Å². The van der Waals surface area contributed by atoms with Gasteiger partial charge in [-0.05, 0) is 42.3 Å². The number of allylic oxidation sites excluding steroid dienone is 1. The SMILES string of the molecule is COc1cccc(/C=C2\Oc3c(ccc4c3CN(CCc3ccccc3Cl)CO4)C2=O)c1OC. The highest BCUT2D eigenvalue weighted by molar-refractivity contribution is 6.31. The van der Waals surface area contributed by atoms with Crippen LogP contribution in [0, 0.1) is 0 Å². The van der Waals surface area contributed by atoms with Gasteiger partial charge in [-0.1, -0.05) is 41.9 Å². The molecule has 0 bridgehead atoms. The van der Waals surface area contributed by atoms with Gasteiger partial charge in [0.1, 0.15) is 18.2 Å². The minimum atomic E-state index is -0.170. The van der Waals surface area contributed by atoms with E-state index in [1.54, 1.807) is 32.4 Å². The predicted molar refractivity (Wildman–Crippen MR) is 130 cm³/mol. The van der Waals surface area contributed by atoms with Gasteiger partial charge < -0.3 is 18.9 Å². The van der Waals surface area contributed by atoms with Crippen molar-refractivity contribution in [1.29, 1.82) is 0 Å². The van der Waals surface area contributed by atoms with Crippen molar-refractivity contribution in [2.24, 2.45) is 0 Å². The molecule has 7 heteroatoms. The number of ether oxygens (including phenoxy) is 4. The second-order valence-electron chi connectivity index (χ2n) is 8.11. The van der Waals surface area contributed by atoms with E-state index in [2.05, 4.69) is 4.90 Å². The highest BCUT2D eigenvalue weighted by atomic mass is 35.5. The molecular formula is C27H24ClNO5. The fourth-order valence-corrected chi connectivity index (χ4v) is 4.52. The third kappa shape index (κ3) is 4.11. The van der Waals surface area contributed by atoms with Crippen LogP contribution in [0.4, 0.5) is 0 Å². The fraction of sp³-hybridized carbons (Fsp3) is 0.222. The van der Waals surface area contributed by atoms with Crippen LogP contribution in [0.25, 0.3) is 6.08 Å². The minimum Gasteiger partial charge on any atom is -0.493 e. The van der Waals surface area contributed by atoms with Crippen LogP contribution < -0.4 is 18.9 Å². The van der Waals surface area contributed by atoms with Gasteiger partial charge in [0.15, 0.2) is 17.3 Å². The summed E-state index contributed by atoms with van der Waals surface area (Å²) in [5.41, 5.74) is 3.20. The monoisotopic (exact) mass is 477 g/mol. The van der Waals surface area contributed by atoms with Crippen molar-refractivity contribution in [3.63, 3.8) is 0 Å². The number of carbonyl (C=O) groups excluding carboxylic acids is 1. The summed E-state index contributed by atoms with van der Waals surface area (Å²) in [6, 6.07) is 16.9. The molecule has 2 aliphatic heterocycles. The number of para-hydroxylation sites is 1. The number of methoxy groups -OCH3 is 2. The molecule has 0 spiro atoms. The Balaban J connectivity index is 1.39. The van der Waals surface area contributed by atoms with E-state index in [-0.39, 0.29) is 11.5 Å². The largest absolute Gasteiger partial charge is 0.493 e. The highest BCUT2D eigenvalue weighted by Gasteiger charge is 2.33. The van der Waals surface area contributed by atoms with E-state index in [4.69, 9.17) is 30.5 Å². The molecule has 0 unspecified atom stereocenters. The predicted octanol–water partition coefficient (Wildman–Crippen LogP) is 5.37. The molecule has 0 fully saturated rings. The lowest BCUT2D eigenvalue weighted by Gasteiger charge is -2.29. The Labute approximate surface area is 203 Å². The number of Topliss-reactive ketones (excluding diaryl/α,β-unsaturated/α-hetero) is 1. The molecule has 0 atom stereocenters. The van der Waals surface area contributed by atoms with Crippen LogP contribution in [0.1, 0.15) is 27.0 Å². The molecule has 6 nitrogen and oxygen atoms in total. The zero-order valence-electron chi connectivity index (χ0n) is 19.0. The van der Waals surface area contributed by atoms with Gasteiger partial charge in [0.25, 0.3) is 0 Å². The lowest BCUT2D eigenvalue weighted by molar-refractivity contribution is 0.0950. The number of fused-ring (bicyclic) bond motifs is 3. The first-order valence-corrected chi connectivity index (χ1v) is 11.4. The van der Waals surface area contributed by atoms with Gasteiger partial charge >= 0.3 is 0 Å². The number of carbonyl (C=O) groups is 1. The first-order valence-electron chi connectivity index (χ1n) is 11.0. The van der Waals surface area contributed by atoms with Gasteiger partial charge in [-0.3, -0.25) is 9.69 Å². The number of hydrogen-bond donors (Lipinski definition) is 0. The molecule has 0 amide bonds. The van der Waals surface area contributed by atoms with Gasteiger partial charge in [0.05, 0.1) is 25.3 Å². The Bertz CT molecular complexity index is 1290. The van der Waals surface area contributed by atoms with Crippen LogP contribution in [0.2, 0.25) is 5.02 Å². The highest BCUT2D eigenvalue weighted by Crippen LogP contribution is 2.43. The standard InChI is InChI=1S/C27H24ClNO5/c1-31-23-9-5-7-18(26(23)32-2)14-24-25(30)19-10-11-22-20(27(19)34-24)15-29(16-33-22)13-12-17-6-3-4-8-21(17)28/h3-11,14H,12-13,15-16H2,1-2H3/b24-14-. The topological polar surface area (TPSA) is 57.2 Å². The van der Waals surface area contributed by atoms with E-state index >= 15 is 0 Å². The fourth-order valence-electron chi connectivity index (χ4n) is 4.29. The van der Waals surface area contributed by atoms with Crippen LogP contribution >= 0.6 is 11.6 Å². The average Bonchev–Trinajstić information content (AvgIpc) is 3.18. The van der Waals surface area contributed by atoms with Gasteiger partial charge in [-0.15, -0.1) is 0 Å². The van der Waals surface area contributed by atoms with Crippen molar-refractivity contribution < 1.29 is 23.7 Å². The van der Waals surface area contributed by atoms with E-state index in [0.29, 0.717) is 41.7 Å². The molecule has 0 N–H and O–H groups in total. The second-order valence-corrected chi connectivity index (χ2v) is 8.52. The zero-order chi connectivity index (χ0) is 23.7. The first kappa shape index (κ1) is 22.3. The molecule has 0 aromatic heterocycles. The molecule has 174 valence electrons. The summed E-state index contributed by atoms with van der Waals surface area (Å²) in [6.45, 7) is 1.85. The summed E-state index contributed by atoms with van der Waals surface area (Å²) in [5, 5.41) is 0.762. The second kappa shape index (κ2) is 9.41. The van der Waals surface area contributed by atoms with Crippen molar-refractivity contribution >= 4 is 23.5 Å². The summed E-state index contributed by atoms with van der Waals surface area (Å²) in [4.78, 5) is 15.3. The van der Waals surface area contributed by atoms with Gasteiger partial charge in [-0.2, -0.15) is 0 Å². The Morgan fingerprint density at radius 3 is 2.71 bits per heavy atom. The molecule has 3 aromatic rings. The van der Waals surface area contributed by atoms with Crippen molar-refractivity contribution in [3.05, 3.63) is 87.6 Å².